The lowest BCUT2D eigenvalue weighted by atomic mass is 10.0. The zero-order valence-corrected chi connectivity index (χ0v) is 37.3. The van der Waals surface area contributed by atoms with Crippen LogP contribution in [0.2, 0.25) is 0 Å². The molecule has 0 aliphatic carbocycles. The van der Waals surface area contributed by atoms with E-state index in [4.69, 9.17) is 0 Å². The molecule has 0 aromatic heterocycles. The molecule has 0 aromatic rings. The predicted molar refractivity (Wildman–Crippen MR) is 241 cm³/mol. The molecular weight excluding hydrogens is 679 g/mol. The molecule has 1 amide bonds. The fourth-order valence-corrected chi connectivity index (χ4v) is 7.95. The summed E-state index contributed by atoms with van der Waals surface area (Å²) in [6.07, 6.45) is 55.1. The van der Waals surface area contributed by atoms with Crippen molar-refractivity contribution >= 4 is 5.91 Å². The Balaban J connectivity index is 3.57. The molecule has 0 aliphatic heterocycles. The lowest BCUT2D eigenvalue weighted by molar-refractivity contribution is -0.131. The molecule has 5 nitrogen and oxygen atoms in total. The van der Waals surface area contributed by atoms with E-state index in [0.717, 1.165) is 32.1 Å². The summed E-state index contributed by atoms with van der Waals surface area (Å²) in [5, 5.41) is 33.4. The summed E-state index contributed by atoms with van der Waals surface area (Å²) in [6, 6.07) is -0.712. The number of nitrogens with one attached hydrogen (secondary N) is 1. The van der Waals surface area contributed by atoms with Crippen LogP contribution in [0.4, 0.5) is 0 Å². The Morgan fingerprint density at radius 2 is 0.691 bits per heavy atom. The summed E-state index contributed by atoms with van der Waals surface area (Å²) in [4.78, 5) is 12.5. The quantitative estimate of drug-likeness (QED) is 0.0366. The highest BCUT2D eigenvalue weighted by Gasteiger charge is 2.23. The van der Waals surface area contributed by atoms with Crippen molar-refractivity contribution in [2.24, 2.45) is 0 Å². The van der Waals surface area contributed by atoms with Gasteiger partial charge in [-0.2, -0.15) is 0 Å². The third kappa shape index (κ3) is 41.1. The van der Waals surface area contributed by atoms with Crippen molar-refractivity contribution in [3.05, 3.63) is 12.2 Å². The van der Waals surface area contributed by atoms with Gasteiger partial charge in [0, 0.05) is 0 Å². The molecule has 3 atom stereocenters. The predicted octanol–water partition coefficient (Wildman–Crippen LogP) is 14.8. The molecule has 55 heavy (non-hydrogen) atoms. The second-order valence-electron chi connectivity index (χ2n) is 17.4. The summed E-state index contributed by atoms with van der Waals surface area (Å²) in [6.45, 7) is 4.26. The zero-order valence-electron chi connectivity index (χ0n) is 37.3. The number of amides is 1. The highest BCUT2D eigenvalue weighted by atomic mass is 16.3. The molecule has 0 spiro atoms. The van der Waals surface area contributed by atoms with Crippen LogP contribution in [0.5, 0.6) is 0 Å². The number of carbonyl (C=O) groups excluding carboxylic acids is 1. The monoisotopic (exact) mass is 778 g/mol. The fraction of sp³-hybridized carbons (Fsp3) is 0.940. The van der Waals surface area contributed by atoms with Gasteiger partial charge >= 0.3 is 0 Å². The number of carbonyl (C=O) groups is 1. The minimum absolute atomic E-state index is 0.312. The largest absolute Gasteiger partial charge is 0.394 e. The summed E-state index contributed by atoms with van der Waals surface area (Å²) >= 11 is 0. The Kier molecular flexibility index (Phi) is 45.0. The van der Waals surface area contributed by atoms with Crippen molar-refractivity contribution in [2.45, 2.75) is 295 Å². The second kappa shape index (κ2) is 45.8. The van der Waals surface area contributed by atoms with Crippen molar-refractivity contribution in [3.63, 3.8) is 0 Å². The van der Waals surface area contributed by atoms with Crippen LogP contribution in [0.15, 0.2) is 12.2 Å². The summed E-state index contributed by atoms with van der Waals surface area (Å²) in [5.74, 6) is -0.471. The van der Waals surface area contributed by atoms with Crippen LogP contribution in [-0.2, 0) is 4.79 Å². The molecule has 0 rings (SSSR count). The molecule has 0 fully saturated rings. The van der Waals surface area contributed by atoms with Gasteiger partial charge in [0.05, 0.1) is 18.8 Å². The molecular formula is C50H99NO4. The van der Waals surface area contributed by atoms with Gasteiger partial charge in [-0.05, 0) is 38.5 Å². The van der Waals surface area contributed by atoms with E-state index >= 15 is 0 Å². The number of allylic oxidation sites excluding steroid dienone is 2. The fourth-order valence-electron chi connectivity index (χ4n) is 7.95. The molecule has 4 N–H and O–H groups in total. The number of rotatable bonds is 46. The van der Waals surface area contributed by atoms with Gasteiger partial charge in [0.15, 0.2) is 0 Å². The number of hydrogen-bond donors (Lipinski definition) is 4. The van der Waals surface area contributed by atoms with Gasteiger partial charge in [0.2, 0.25) is 5.91 Å². The molecule has 328 valence electrons. The maximum Gasteiger partial charge on any atom is 0.249 e. The zero-order chi connectivity index (χ0) is 40.1. The third-order valence-corrected chi connectivity index (χ3v) is 11.9. The van der Waals surface area contributed by atoms with E-state index in [1.54, 1.807) is 0 Å². The highest BCUT2D eigenvalue weighted by Crippen LogP contribution is 2.17. The molecule has 0 heterocycles. The lowest BCUT2D eigenvalue weighted by Gasteiger charge is -2.23. The second-order valence-corrected chi connectivity index (χ2v) is 17.4. The topological polar surface area (TPSA) is 89.8 Å². The van der Waals surface area contributed by atoms with Crippen molar-refractivity contribution < 1.29 is 20.1 Å². The van der Waals surface area contributed by atoms with Crippen LogP contribution in [0.1, 0.15) is 277 Å². The first-order chi connectivity index (χ1) is 27.1. The molecule has 0 aliphatic rings. The minimum Gasteiger partial charge on any atom is -0.394 e. The van der Waals surface area contributed by atoms with E-state index in [-0.39, 0.29) is 6.61 Å². The first-order valence-electron chi connectivity index (χ1n) is 25.0. The Bertz CT molecular complexity index is 773. The maximum atomic E-state index is 12.5. The normalized spacial score (nSPS) is 13.5. The Labute approximate surface area is 344 Å². The highest BCUT2D eigenvalue weighted by molar-refractivity contribution is 5.80. The third-order valence-electron chi connectivity index (χ3n) is 11.9. The van der Waals surface area contributed by atoms with E-state index < -0.39 is 24.2 Å². The van der Waals surface area contributed by atoms with Crippen LogP contribution in [0, 0.1) is 0 Å². The van der Waals surface area contributed by atoms with Gasteiger partial charge in [0.1, 0.15) is 6.10 Å². The molecule has 5 heteroatoms. The van der Waals surface area contributed by atoms with Crippen molar-refractivity contribution in [1.82, 2.24) is 5.32 Å². The number of unbranched alkanes of at least 4 members (excludes halogenated alkanes) is 36. The molecule has 0 aromatic carbocycles. The molecule has 0 bridgehead atoms. The van der Waals surface area contributed by atoms with Crippen molar-refractivity contribution in [3.8, 4) is 0 Å². The Morgan fingerprint density at radius 1 is 0.418 bits per heavy atom. The van der Waals surface area contributed by atoms with Gasteiger partial charge in [-0.3, -0.25) is 4.79 Å². The van der Waals surface area contributed by atoms with Gasteiger partial charge in [-0.25, -0.2) is 0 Å². The van der Waals surface area contributed by atoms with E-state index in [1.807, 2.05) is 0 Å². The average Bonchev–Trinajstić information content (AvgIpc) is 3.19. The van der Waals surface area contributed by atoms with E-state index in [1.165, 1.54) is 218 Å². The van der Waals surface area contributed by atoms with Gasteiger partial charge < -0.3 is 20.6 Å². The van der Waals surface area contributed by atoms with Crippen LogP contribution in [-0.4, -0.2) is 46.1 Å². The first kappa shape index (κ1) is 54.1. The molecule has 3 unspecified atom stereocenters. The SMILES string of the molecule is CCCCCCCCCCCCC/C=C\CCCCCCCCC(O)C(=O)NC(CO)C(O)CCCCCCCCCCCCCCCCCCCCCC. The standard InChI is InChI=1S/C50H99NO4/c1-3-5-7-9-11-13-15-17-19-21-23-25-27-29-31-33-35-37-39-41-43-45-49(54)50(55)51-47(46-52)48(53)44-42-40-38-36-34-32-30-28-26-24-22-20-18-16-14-12-10-8-6-4-2/h27,29,47-49,52-54H,3-26,28,30-46H2,1-2H3,(H,51,55)/b29-27-. The van der Waals surface area contributed by atoms with E-state index in [0.29, 0.717) is 12.8 Å². The van der Waals surface area contributed by atoms with Crippen LogP contribution in [0.3, 0.4) is 0 Å². The average molecular weight is 778 g/mol. The van der Waals surface area contributed by atoms with Crippen LogP contribution >= 0.6 is 0 Å². The summed E-state index contributed by atoms with van der Waals surface area (Å²) < 4.78 is 0. The lowest BCUT2D eigenvalue weighted by Crippen LogP contribution is -2.49. The molecule has 0 saturated carbocycles. The van der Waals surface area contributed by atoms with Gasteiger partial charge in [-0.1, -0.05) is 251 Å². The summed E-state index contributed by atoms with van der Waals surface area (Å²) in [7, 11) is 0. The minimum atomic E-state index is -1.08. The molecule has 0 saturated heterocycles. The van der Waals surface area contributed by atoms with E-state index in [9.17, 15) is 20.1 Å². The number of aliphatic hydroxyl groups excluding tert-OH is 3. The summed E-state index contributed by atoms with van der Waals surface area (Å²) in [5.41, 5.74) is 0. The van der Waals surface area contributed by atoms with Crippen LogP contribution in [0.25, 0.3) is 0 Å². The maximum absolute atomic E-state index is 12.5. The molecule has 0 radical (unpaired) electrons. The number of aliphatic hydroxyl groups is 3. The van der Waals surface area contributed by atoms with Gasteiger partial charge in [0.25, 0.3) is 0 Å². The smallest absolute Gasteiger partial charge is 0.249 e. The van der Waals surface area contributed by atoms with E-state index in [2.05, 4.69) is 31.3 Å². The number of hydrogen-bond acceptors (Lipinski definition) is 4. The van der Waals surface area contributed by atoms with Crippen molar-refractivity contribution in [2.75, 3.05) is 6.61 Å². The van der Waals surface area contributed by atoms with Crippen molar-refractivity contribution in [1.29, 1.82) is 0 Å². The van der Waals surface area contributed by atoms with Crippen LogP contribution < -0.4 is 5.32 Å². The Morgan fingerprint density at radius 3 is 1.00 bits per heavy atom. The van der Waals surface area contributed by atoms with Gasteiger partial charge in [-0.15, -0.1) is 0 Å². The first-order valence-corrected chi connectivity index (χ1v) is 25.0. The Hall–Kier alpha value is -0.910.